The smallest absolute Gasteiger partial charge is 0.335 e. The van der Waals surface area contributed by atoms with E-state index in [1.165, 1.54) is 12.1 Å². The van der Waals surface area contributed by atoms with Gasteiger partial charge in [-0.2, -0.15) is 0 Å². The van der Waals surface area contributed by atoms with Gasteiger partial charge in [-0.25, -0.2) is 9.59 Å². The highest BCUT2D eigenvalue weighted by Crippen LogP contribution is 2.33. The molecule has 0 aliphatic heterocycles. The van der Waals surface area contributed by atoms with Crippen molar-refractivity contribution in [1.82, 2.24) is 5.32 Å². The Morgan fingerprint density at radius 3 is 2.74 bits per heavy atom. The van der Waals surface area contributed by atoms with Crippen molar-refractivity contribution in [1.29, 1.82) is 0 Å². The molecule has 1 fully saturated rings. The van der Waals surface area contributed by atoms with Gasteiger partial charge < -0.3 is 15.7 Å². The first-order valence-corrected chi connectivity index (χ1v) is 6.90. The van der Waals surface area contributed by atoms with Crippen LogP contribution < -0.4 is 10.6 Å². The second-order valence-electron chi connectivity index (χ2n) is 4.64. The first kappa shape index (κ1) is 13.9. The highest BCUT2D eigenvalue weighted by molar-refractivity contribution is 9.10. The zero-order valence-electron chi connectivity index (χ0n) is 10.4. The Morgan fingerprint density at radius 1 is 1.42 bits per heavy atom. The predicted octanol–water partition coefficient (Wildman–Crippen LogP) is 3.07. The predicted molar refractivity (Wildman–Crippen MR) is 75.4 cm³/mol. The van der Waals surface area contributed by atoms with E-state index < -0.39 is 5.97 Å². The van der Waals surface area contributed by atoms with Crippen LogP contribution in [-0.2, 0) is 0 Å². The molecule has 3 N–H and O–H groups in total. The zero-order valence-corrected chi connectivity index (χ0v) is 12.0. The number of amides is 2. The van der Waals surface area contributed by atoms with Gasteiger partial charge in [0.15, 0.2) is 0 Å². The van der Waals surface area contributed by atoms with Crippen LogP contribution in [0.3, 0.4) is 0 Å². The van der Waals surface area contributed by atoms with Crippen LogP contribution in [0, 0.1) is 5.92 Å². The Kier molecular flexibility index (Phi) is 4.09. The lowest BCUT2D eigenvalue weighted by Crippen LogP contribution is -2.31. The van der Waals surface area contributed by atoms with Gasteiger partial charge in [-0.05, 0) is 30.5 Å². The number of carbonyl (C=O) groups excluding carboxylic acids is 1. The van der Waals surface area contributed by atoms with Crippen LogP contribution in [0.4, 0.5) is 10.5 Å². The fourth-order valence-electron chi connectivity index (χ4n) is 2.00. The lowest BCUT2D eigenvalue weighted by atomic mass is 10.2. The second kappa shape index (κ2) is 5.61. The molecule has 0 saturated heterocycles. The van der Waals surface area contributed by atoms with Gasteiger partial charge in [-0.3, -0.25) is 0 Å². The number of halogens is 1. The average Bonchev–Trinajstić information content (AvgIpc) is 3.06. The van der Waals surface area contributed by atoms with Crippen molar-refractivity contribution in [3.05, 3.63) is 28.2 Å². The summed E-state index contributed by atoms with van der Waals surface area (Å²) in [6.45, 7) is 2.09. The molecule has 0 spiro atoms. The van der Waals surface area contributed by atoms with E-state index in [1.807, 2.05) is 0 Å². The van der Waals surface area contributed by atoms with Crippen molar-refractivity contribution in [3.8, 4) is 0 Å². The number of carboxylic acid groups (broad SMARTS) is 1. The number of nitrogens with one attached hydrogen (secondary N) is 2. The van der Waals surface area contributed by atoms with E-state index in [2.05, 4.69) is 33.5 Å². The third-order valence-electron chi connectivity index (χ3n) is 3.17. The molecule has 1 aromatic carbocycles. The zero-order chi connectivity index (χ0) is 14.0. The van der Waals surface area contributed by atoms with Gasteiger partial charge >= 0.3 is 12.0 Å². The van der Waals surface area contributed by atoms with Gasteiger partial charge in [-0.1, -0.05) is 29.3 Å². The monoisotopic (exact) mass is 326 g/mol. The Morgan fingerprint density at radius 2 is 2.16 bits per heavy atom. The summed E-state index contributed by atoms with van der Waals surface area (Å²) in [5.41, 5.74) is 0.584. The molecule has 1 saturated carbocycles. The van der Waals surface area contributed by atoms with E-state index in [4.69, 9.17) is 5.11 Å². The Balaban J connectivity index is 1.98. The summed E-state index contributed by atoms with van der Waals surface area (Å²) in [7, 11) is 0. The molecule has 102 valence electrons. The summed E-state index contributed by atoms with van der Waals surface area (Å²) in [5, 5.41) is 14.5. The number of rotatable bonds is 4. The Bertz CT molecular complexity index is 519. The molecule has 0 aromatic heterocycles. The molecule has 2 unspecified atom stereocenters. The minimum absolute atomic E-state index is 0.127. The fraction of sp³-hybridized carbons (Fsp3) is 0.385. The molecule has 2 rings (SSSR count). The number of urea groups is 1. The molecule has 1 aliphatic carbocycles. The first-order valence-electron chi connectivity index (χ1n) is 6.11. The minimum Gasteiger partial charge on any atom is -0.478 e. The molecule has 2 atom stereocenters. The number of anilines is 1. The Labute approximate surface area is 119 Å². The number of hydrogen-bond donors (Lipinski definition) is 3. The third-order valence-corrected chi connectivity index (χ3v) is 3.62. The molecular weight excluding hydrogens is 312 g/mol. The summed E-state index contributed by atoms with van der Waals surface area (Å²) in [6.07, 6.45) is 2.08. The highest BCUT2D eigenvalue weighted by atomic mass is 79.9. The molecular formula is C13H15BrN2O3. The molecule has 0 heterocycles. The van der Waals surface area contributed by atoms with E-state index >= 15 is 0 Å². The summed E-state index contributed by atoms with van der Waals surface area (Å²) in [6, 6.07) is 4.53. The maximum atomic E-state index is 11.7. The van der Waals surface area contributed by atoms with Gasteiger partial charge in [0.05, 0.1) is 5.56 Å². The van der Waals surface area contributed by atoms with Crippen LogP contribution in [-0.4, -0.2) is 23.1 Å². The highest BCUT2D eigenvalue weighted by Gasteiger charge is 2.36. The maximum Gasteiger partial charge on any atom is 0.335 e. The minimum atomic E-state index is -1.03. The van der Waals surface area contributed by atoms with Gasteiger partial charge in [0.2, 0.25) is 0 Å². The van der Waals surface area contributed by atoms with Crippen molar-refractivity contribution in [2.75, 3.05) is 5.32 Å². The van der Waals surface area contributed by atoms with Gasteiger partial charge in [0.1, 0.15) is 0 Å². The van der Waals surface area contributed by atoms with Crippen molar-refractivity contribution in [2.45, 2.75) is 25.8 Å². The van der Waals surface area contributed by atoms with E-state index in [1.54, 1.807) is 6.07 Å². The molecule has 19 heavy (non-hydrogen) atoms. The molecule has 2 amide bonds. The topological polar surface area (TPSA) is 78.4 Å². The molecule has 0 radical (unpaired) electrons. The quantitative estimate of drug-likeness (QED) is 0.795. The van der Waals surface area contributed by atoms with Crippen LogP contribution in [0.1, 0.15) is 30.1 Å². The van der Waals surface area contributed by atoms with Crippen LogP contribution >= 0.6 is 15.9 Å². The number of carbonyl (C=O) groups is 2. The average molecular weight is 327 g/mol. The summed E-state index contributed by atoms with van der Waals surface area (Å²) < 4.78 is 0.612. The van der Waals surface area contributed by atoms with Gasteiger partial charge in [-0.15, -0.1) is 0 Å². The number of carboxylic acids is 1. The molecule has 5 nitrogen and oxygen atoms in total. The van der Waals surface area contributed by atoms with Crippen LogP contribution in [0.5, 0.6) is 0 Å². The van der Waals surface area contributed by atoms with Crippen molar-refractivity contribution in [2.24, 2.45) is 5.92 Å². The van der Waals surface area contributed by atoms with E-state index in [-0.39, 0.29) is 17.6 Å². The van der Waals surface area contributed by atoms with Crippen molar-refractivity contribution < 1.29 is 14.7 Å². The molecule has 1 aliphatic rings. The van der Waals surface area contributed by atoms with E-state index in [9.17, 15) is 9.59 Å². The summed E-state index contributed by atoms with van der Waals surface area (Å²) in [5.74, 6) is -0.458. The van der Waals surface area contributed by atoms with Crippen LogP contribution in [0.15, 0.2) is 22.7 Å². The fourth-order valence-corrected chi connectivity index (χ4v) is 2.49. The normalized spacial score (nSPS) is 20.7. The van der Waals surface area contributed by atoms with E-state index in [0.29, 0.717) is 16.1 Å². The summed E-state index contributed by atoms with van der Waals surface area (Å²) >= 11 is 3.22. The van der Waals surface area contributed by atoms with Crippen molar-refractivity contribution >= 4 is 33.6 Å². The molecule has 6 heteroatoms. The third kappa shape index (κ3) is 3.70. The molecule has 1 aromatic rings. The van der Waals surface area contributed by atoms with E-state index in [0.717, 1.165) is 12.8 Å². The Hall–Kier alpha value is -1.56. The number of hydrogen-bond acceptors (Lipinski definition) is 2. The second-order valence-corrected chi connectivity index (χ2v) is 5.56. The lowest BCUT2D eigenvalue weighted by molar-refractivity contribution is 0.0697. The largest absolute Gasteiger partial charge is 0.478 e. The number of benzene rings is 1. The maximum absolute atomic E-state index is 11.7. The number of aromatic carboxylic acids is 1. The van der Waals surface area contributed by atoms with Crippen LogP contribution in [0.25, 0.3) is 0 Å². The van der Waals surface area contributed by atoms with Crippen LogP contribution in [0.2, 0.25) is 0 Å². The van der Waals surface area contributed by atoms with Crippen molar-refractivity contribution in [3.63, 3.8) is 0 Å². The lowest BCUT2D eigenvalue weighted by Gasteiger charge is -2.08. The molecule has 0 bridgehead atoms. The van der Waals surface area contributed by atoms with Gasteiger partial charge in [0.25, 0.3) is 0 Å². The summed E-state index contributed by atoms with van der Waals surface area (Å²) in [4.78, 5) is 22.6. The standard InChI is InChI=1S/C13H15BrN2O3/c1-2-7-5-11(7)16-13(19)15-10-4-8(12(17)18)3-9(14)6-10/h3-4,6-7,11H,2,5H2,1H3,(H,17,18)(H2,15,16,19). The first-order chi connectivity index (χ1) is 8.99. The SMILES string of the molecule is CCC1CC1NC(=O)Nc1cc(Br)cc(C(=O)O)c1. The van der Waals surface area contributed by atoms with Gasteiger partial charge in [0, 0.05) is 16.2 Å².